The van der Waals surface area contributed by atoms with Crippen LogP contribution in [0.25, 0.3) is 0 Å². The lowest BCUT2D eigenvalue weighted by Crippen LogP contribution is -2.30. The zero-order valence-electron chi connectivity index (χ0n) is 14.3. The first-order valence-electron chi connectivity index (χ1n) is 8.06. The van der Waals surface area contributed by atoms with Crippen LogP contribution in [0.4, 0.5) is 15.8 Å². The van der Waals surface area contributed by atoms with Crippen molar-refractivity contribution in [3.63, 3.8) is 0 Å². The first-order chi connectivity index (χ1) is 11.6. The highest BCUT2D eigenvalue weighted by Crippen LogP contribution is 2.32. The van der Waals surface area contributed by atoms with Gasteiger partial charge in [0.15, 0.2) is 5.00 Å². The second-order valence-electron chi connectivity index (χ2n) is 5.99. The molecule has 0 unspecified atom stereocenters. The summed E-state index contributed by atoms with van der Waals surface area (Å²) in [7, 11) is 2.14. The van der Waals surface area contributed by atoms with Crippen molar-refractivity contribution in [2.24, 2.45) is 15.3 Å². The van der Waals surface area contributed by atoms with E-state index in [9.17, 15) is 0 Å². The largest absolute Gasteiger partial charge is 0.306 e. The van der Waals surface area contributed by atoms with Gasteiger partial charge in [-0.3, -0.25) is 5.43 Å². The van der Waals surface area contributed by atoms with Gasteiger partial charge < -0.3 is 4.90 Å². The van der Waals surface area contributed by atoms with E-state index in [2.05, 4.69) is 37.7 Å². The van der Waals surface area contributed by atoms with Gasteiger partial charge in [0.1, 0.15) is 0 Å². The van der Waals surface area contributed by atoms with E-state index >= 15 is 0 Å². The van der Waals surface area contributed by atoms with Crippen molar-refractivity contribution in [3.8, 4) is 0 Å². The van der Waals surface area contributed by atoms with Crippen LogP contribution in [0.1, 0.15) is 24.1 Å². The maximum absolute atomic E-state index is 4.49. The fourth-order valence-electron chi connectivity index (χ4n) is 2.42. The number of nitrogens with one attached hydrogen (secondary N) is 1. The van der Waals surface area contributed by atoms with Crippen LogP contribution in [-0.2, 0) is 0 Å². The molecule has 0 bridgehead atoms. The third-order valence-electron chi connectivity index (χ3n) is 4.01. The highest BCUT2D eigenvalue weighted by Gasteiger charge is 2.12. The number of azo groups is 1. The van der Waals surface area contributed by atoms with Gasteiger partial charge in [0, 0.05) is 31.6 Å². The monoisotopic (exact) mass is 342 g/mol. The molecule has 0 atom stereocenters. The third-order valence-corrected chi connectivity index (χ3v) is 4.96. The Morgan fingerprint density at radius 3 is 2.62 bits per heavy atom. The maximum Gasteiger partial charge on any atom is 0.205 e. The number of hydrogen-bond acceptors (Lipinski definition) is 7. The molecular formula is C17H22N6S. The minimum absolute atomic E-state index is 0.762. The Morgan fingerprint density at radius 2 is 1.88 bits per heavy atom. The van der Waals surface area contributed by atoms with Gasteiger partial charge in [0.25, 0.3) is 0 Å². The summed E-state index contributed by atoms with van der Waals surface area (Å²) in [5.41, 5.74) is 7.13. The average molecular weight is 342 g/mol. The normalized spacial score (nSPS) is 15.9. The molecule has 0 spiro atoms. The molecular weight excluding hydrogens is 320 g/mol. The van der Waals surface area contributed by atoms with E-state index in [0.29, 0.717) is 0 Å². The predicted octanol–water partition coefficient (Wildman–Crippen LogP) is 4.67. The van der Waals surface area contributed by atoms with Gasteiger partial charge in [-0.25, -0.2) is 4.98 Å². The van der Waals surface area contributed by atoms with Crippen LogP contribution < -0.4 is 5.43 Å². The predicted molar refractivity (Wildman–Crippen MR) is 100.0 cm³/mol. The lowest BCUT2D eigenvalue weighted by Gasteiger charge is -2.22. The van der Waals surface area contributed by atoms with Gasteiger partial charge in [0.05, 0.1) is 11.4 Å². The van der Waals surface area contributed by atoms with Crippen LogP contribution in [0.3, 0.4) is 0 Å². The van der Waals surface area contributed by atoms with Crippen LogP contribution in [0.2, 0.25) is 0 Å². The van der Waals surface area contributed by atoms with E-state index in [4.69, 9.17) is 0 Å². The summed E-state index contributed by atoms with van der Waals surface area (Å²) >= 11 is 1.47. The number of likely N-dealkylation sites (tertiary alicyclic amines) is 1. The van der Waals surface area contributed by atoms with Crippen molar-refractivity contribution in [2.75, 3.05) is 25.6 Å². The molecule has 3 rings (SSSR count). The van der Waals surface area contributed by atoms with Crippen LogP contribution in [-0.4, -0.2) is 35.7 Å². The number of hydrazone groups is 1. The second kappa shape index (κ2) is 7.63. The van der Waals surface area contributed by atoms with Crippen molar-refractivity contribution >= 4 is 32.9 Å². The first kappa shape index (κ1) is 16.7. The Hall–Kier alpha value is -2.12. The molecule has 0 radical (unpaired) electrons. The van der Waals surface area contributed by atoms with E-state index < -0.39 is 0 Å². The summed E-state index contributed by atoms with van der Waals surface area (Å²) in [5.74, 6) is 0. The number of benzene rings is 1. The lowest BCUT2D eigenvalue weighted by atomic mass is 10.1. The molecule has 1 saturated heterocycles. The fraction of sp³-hybridized carbons (Fsp3) is 0.412. The molecule has 0 aliphatic carbocycles. The quantitative estimate of drug-likeness (QED) is 0.648. The highest BCUT2D eigenvalue weighted by atomic mass is 32.1. The lowest BCUT2D eigenvalue weighted by molar-refractivity contribution is 0.336. The van der Waals surface area contributed by atoms with Crippen molar-refractivity contribution < 1.29 is 0 Å². The standard InChI is InChI=1S/C17H22N6S/c1-12-6-4-5-7-15(12)20-21-16-13(2)18-17(24-16)22-19-14-8-10-23(3)11-9-14/h4-7H,8-11H2,1-3H3,(H,18,22). The Bertz CT molecular complexity index is 754. The average Bonchev–Trinajstić information content (AvgIpc) is 2.94. The van der Waals surface area contributed by atoms with Crippen LogP contribution in [0, 0.1) is 13.8 Å². The molecule has 7 heteroatoms. The summed E-state index contributed by atoms with van der Waals surface area (Å²) < 4.78 is 0. The number of anilines is 1. The van der Waals surface area contributed by atoms with Gasteiger partial charge in [-0.1, -0.05) is 29.5 Å². The Morgan fingerprint density at radius 1 is 1.12 bits per heavy atom. The Kier molecular flexibility index (Phi) is 5.32. The number of aromatic nitrogens is 1. The third kappa shape index (κ3) is 4.24. The Labute approximate surface area is 146 Å². The molecule has 0 saturated carbocycles. The van der Waals surface area contributed by atoms with E-state index in [1.54, 1.807) is 0 Å². The zero-order valence-corrected chi connectivity index (χ0v) is 15.1. The minimum atomic E-state index is 0.762. The van der Waals surface area contributed by atoms with Crippen molar-refractivity contribution in [2.45, 2.75) is 26.7 Å². The molecule has 2 aromatic rings. The number of aryl methyl sites for hydroxylation is 2. The topological polar surface area (TPSA) is 65.2 Å². The number of nitrogens with zero attached hydrogens (tertiary/aromatic N) is 5. The summed E-state index contributed by atoms with van der Waals surface area (Å²) in [4.78, 5) is 6.80. The van der Waals surface area contributed by atoms with E-state index in [-0.39, 0.29) is 0 Å². The molecule has 2 heterocycles. The van der Waals surface area contributed by atoms with Crippen molar-refractivity contribution in [3.05, 3.63) is 35.5 Å². The van der Waals surface area contributed by atoms with Gasteiger partial charge in [-0.05, 0) is 32.5 Å². The number of piperidine rings is 1. The highest BCUT2D eigenvalue weighted by molar-refractivity contribution is 7.19. The second-order valence-corrected chi connectivity index (χ2v) is 6.97. The van der Waals surface area contributed by atoms with E-state index in [1.165, 1.54) is 17.0 Å². The summed E-state index contributed by atoms with van der Waals surface area (Å²) in [6.45, 7) is 6.09. The number of rotatable bonds is 4. The van der Waals surface area contributed by atoms with Crippen LogP contribution >= 0.6 is 11.3 Å². The molecule has 6 nitrogen and oxygen atoms in total. The number of thiazole rings is 1. The SMILES string of the molecule is Cc1ccccc1N=Nc1sc(NN=C2CCN(C)CC2)nc1C. The smallest absolute Gasteiger partial charge is 0.205 e. The molecule has 0 amide bonds. The van der Waals surface area contributed by atoms with Crippen LogP contribution in [0.5, 0.6) is 0 Å². The zero-order chi connectivity index (χ0) is 16.9. The van der Waals surface area contributed by atoms with Gasteiger partial charge in [0.2, 0.25) is 5.13 Å². The molecule has 1 aromatic heterocycles. The van der Waals surface area contributed by atoms with Crippen molar-refractivity contribution in [1.82, 2.24) is 9.88 Å². The van der Waals surface area contributed by atoms with Gasteiger partial charge in [-0.2, -0.15) is 5.10 Å². The first-order valence-corrected chi connectivity index (χ1v) is 8.88. The van der Waals surface area contributed by atoms with E-state index in [0.717, 1.165) is 53.0 Å². The molecule has 24 heavy (non-hydrogen) atoms. The molecule has 1 aliphatic rings. The van der Waals surface area contributed by atoms with Gasteiger partial charge in [-0.15, -0.1) is 10.2 Å². The molecule has 1 aliphatic heterocycles. The number of hydrogen-bond donors (Lipinski definition) is 1. The van der Waals surface area contributed by atoms with Gasteiger partial charge >= 0.3 is 0 Å². The maximum atomic E-state index is 4.49. The molecule has 1 fully saturated rings. The molecule has 1 N–H and O–H groups in total. The Balaban J connectivity index is 1.67. The van der Waals surface area contributed by atoms with Crippen molar-refractivity contribution in [1.29, 1.82) is 0 Å². The summed E-state index contributed by atoms with van der Waals surface area (Å²) in [6, 6.07) is 7.95. The molecule has 1 aromatic carbocycles. The van der Waals surface area contributed by atoms with Crippen LogP contribution in [0.15, 0.2) is 39.6 Å². The van der Waals surface area contributed by atoms with E-state index in [1.807, 2.05) is 38.1 Å². The summed E-state index contributed by atoms with van der Waals surface area (Å²) in [6.07, 6.45) is 2.02. The molecule has 126 valence electrons. The fourth-order valence-corrected chi connectivity index (χ4v) is 3.15. The minimum Gasteiger partial charge on any atom is -0.306 e. The summed E-state index contributed by atoms with van der Waals surface area (Å²) in [5, 5.41) is 14.7.